The van der Waals surface area contributed by atoms with Gasteiger partial charge in [0.2, 0.25) is 11.8 Å². The molecule has 1 saturated heterocycles. The number of carbonyl (C=O) groups is 2. The molecule has 1 aromatic carbocycles. The highest BCUT2D eigenvalue weighted by atomic mass is 16.3. The van der Waals surface area contributed by atoms with Crippen molar-refractivity contribution in [1.29, 1.82) is 0 Å². The second-order valence-electron chi connectivity index (χ2n) is 4.37. The fourth-order valence-corrected chi connectivity index (χ4v) is 1.98. The van der Waals surface area contributed by atoms with Gasteiger partial charge in [0, 0.05) is 13.0 Å². The average Bonchev–Trinajstić information content (AvgIpc) is 2.76. The normalized spacial score (nSPS) is 18.4. The van der Waals surface area contributed by atoms with Crippen molar-refractivity contribution in [1.82, 2.24) is 10.6 Å². The summed E-state index contributed by atoms with van der Waals surface area (Å²) in [6, 6.07) is 6.55. The number of benzene rings is 1. The molecule has 0 radical (unpaired) electrons. The maximum absolute atomic E-state index is 11.7. The van der Waals surface area contributed by atoms with Crippen LogP contribution in [0.15, 0.2) is 24.3 Å². The van der Waals surface area contributed by atoms with Crippen molar-refractivity contribution in [2.24, 2.45) is 0 Å². The molecule has 18 heavy (non-hydrogen) atoms. The largest absolute Gasteiger partial charge is 0.508 e. The Bertz CT molecular complexity index is 459. The van der Waals surface area contributed by atoms with Crippen molar-refractivity contribution < 1.29 is 14.7 Å². The predicted octanol–water partition coefficient (Wildman–Crippen LogP) is 0.329. The highest BCUT2D eigenvalue weighted by Crippen LogP contribution is 2.11. The van der Waals surface area contributed by atoms with Gasteiger partial charge in [-0.1, -0.05) is 12.1 Å². The number of aromatic hydroxyl groups is 1. The average molecular weight is 248 g/mol. The number of hydrogen-bond donors (Lipinski definition) is 3. The maximum atomic E-state index is 11.7. The molecule has 0 aromatic heterocycles. The van der Waals surface area contributed by atoms with E-state index in [1.54, 1.807) is 18.2 Å². The molecule has 1 fully saturated rings. The van der Waals surface area contributed by atoms with Gasteiger partial charge in [0.05, 0.1) is 0 Å². The summed E-state index contributed by atoms with van der Waals surface area (Å²) in [6.07, 6.45) is 1.64. The Morgan fingerprint density at radius 1 is 1.50 bits per heavy atom. The van der Waals surface area contributed by atoms with Crippen LogP contribution in [-0.4, -0.2) is 29.5 Å². The molecule has 96 valence electrons. The highest BCUT2D eigenvalue weighted by molar-refractivity contribution is 5.90. The maximum Gasteiger partial charge on any atom is 0.242 e. The van der Waals surface area contributed by atoms with Gasteiger partial charge < -0.3 is 15.7 Å². The van der Waals surface area contributed by atoms with Crippen LogP contribution in [0.25, 0.3) is 0 Å². The zero-order valence-corrected chi connectivity index (χ0v) is 9.98. The fraction of sp³-hybridized carbons (Fsp3) is 0.385. The van der Waals surface area contributed by atoms with Crippen LogP contribution in [0, 0.1) is 0 Å². The monoisotopic (exact) mass is 248 g/mol. The molecule has 0 aliphatic carbocycles. The third-order valence-electron chi connectivity index (χ3n) is 2.94. The van der Waals surface area contributed by atoms with Crippen molar-refractivity contribution in [2.45, 2.75) is 25.3 Å². The van der Waals surface area contributed by atoms with E-state index < -0.39 is 0 Å². The molecule has 5 nitrogen and oxygen atoms in total. The smallest absolute Gasteiger partial charge is 0.242 e. The standard InChI is InChI=1S/C13H16N2O3/c16-10-3-1-2-9(8-10)6-7-14-13(18)11-4-5-12(17)15-11/h1-3,8,11,16H,4-7H2,(H,14,18)(H,15,17). The lowest BCUT2D eigenvalue weighted by Gasteiger charge is -2.10. The van der Waals surface area contributed by atoms with E-state index in [2.05, 4.69) is 10.6 Å². The Kier molecular flexibility index (Phi) is 3.82. The van der Waals surface area contributed by atoms with Gasteiger partial charge in [-0.3, -0.25) is 9.59 Å². The van der Waals surface area contributed by atoms with Crippen LogP contribution in [-0.2, 0) is 16.0 Å². The SMILES string of the molecule is O=C1CCC(C(=O)NCCc2cccc(O)c2)N1. The molecule has 2 rings (SSSR count). The summed E-state index contributed by atoms with van der Waals surface area (Å²) in [5.74, 6) is 0.0195. The van der Waals surface area contributed by atoms with Crippen LogP contribution in [0.2, 0.25) is 0 Å². The number of hydrogen-bond acceptors (Lipinski definition) is 3. The van der Waals surface area contributed by atoms with E-state index in [1.807, 2.05) is 6.07 Å². The first-order valence-electron chi connectivity index (χ1n) is 6.00. The molecular formula is C13H16N2O3. The van der Waals surface area contributed by atoms with E-state index in [1.165, 1.54) is 0 Å². The van der Waals surface area contributed by atoms with Gasteiger partial charge in [0.1, 0.15) is 11.8 Å². The van der Waals surface area contributed by atoms with Crippen LogP contribution in [0.5, 0.6) is 5.75 Å². The van der Waals surface area contributed by atoms with Gasteiger partial charge in [0.25, 0.3) is 0 Å². The number of amides is 2. The van der Waals surface area contributed by atoms with Crippen LogP contribution < -0.4 is 10.6 Å². The molecule has 0 spiro atoms. The summed E-state index contributed by atoms with van der Waals surface area (Å²) in [6.45, 7) is 0.495. The quantitative estimate of drug-likeness (QED) is 0.718. The van der Waals surface area contributed by atoms with E-state index in [4.69, 9.17) is 0 Å². The second kappa shape index (κ2) is 5.53. The minimum absolute atomic E-state index is 0.0665. The van der Waals surface area contributed by atoms with Crippen LogP contribution >= 0.6 is 0 Å². The molecule has 5 heteroatoms. The number of nitrogens with one attached hydrogen (secondary N) is 2. The predicted molar refractivity (Wildman–Crippen MR) is 66.0 cm³/mol. The number of carbonyl (C=O) groups excluding carboxylic acids is 2. The minimum atomic E-state index is -0.387. The van der Waals surface area contributed by atoms with Gasteiger partial charge in [-0.05, 0) is 30.5 Å². The fourth-order valence-electron chi connectivity index (χ4n) is 1.98. The Morgan fingerprint density at radius 2 is 2.33 bits per heavy atom. The van der Waals surface area contributed by atoms with Crippen LogP contribution in [0.3, 0.4) is 0 Å². The second-order valence-corrected chi connectivity index (χ2v) is 4.37. The van der Waals surface area contributed by atoms with Gasteiger partial charge in [-0.2, -0.15) is 0 Å². The van der Waals surface area contributed by atoms with Crippen molar-refractivity contribution >= 4 is 11.8 Å². The molecule has 1 aliphatic rings. The van der Waals surface area contributed by atoms with Gasteiger partial charge >= 0.3 is 0 Å². The zero-order valence-electron chi connectivity index (χ0n) is 9.98. The molecule has 0 bridgehead atoms. The van der Waals surface area contributed by atoms with E-state index in [0.29, 0.717) is 25.8 Å². The number of rotatable bonds is 4. The molecule has 1 heterocycles. The molecule has 1 aromatic rings. The number of phenols is 1. The Morgan fingerprint density at radius 3 is 3.00 bits per heavy atom. The van der Waals surface area contributed by atoms with Gasteiger partial charge in [-0.25, -0.2) is 0 Å². The molecule has 2 amide bonds. The summed E-state index contributed by atoms with van der Waals surface area (Å²) in [7, 11) is 0. The van der Waals surface area contributed by atoms with Crippen LogP contribution in [0.4, 0.5) is 0 Å². The van der Waals surface area contributed by atoms with E-state index in [0.717, 1.165) is 5.56 Å². The lowest BCUT2D eigenvalue weighted by atomic mass is 10.1. The van der Waals surface area contributed by atoms with Gasteiger partial charge in [-0.15, -0.1) is 0 Å². The molecule has 1 aliphatic heterocycles. The Labute approximate surface area is 105 Å². The summed E-state index contributed by atoms with van der Waals surface area (Å²) >= 11 is 0. The zero-order chi connectivity index (χ0) is 13.0. The first kappa shape index (κ1) is 12.4. The molecule has 1 atom stereocenters. The van der Waals surface area contributed by atoms with Crippen molar-refractivity contribution in [3.63, 3.8) is 0 Å². The summed E-state index contributed by atoms with van der Waals surface area (Å²) in [4.78, 5) is 22.6. The first-order chi connectivity index (χ1) is 8.65. The van der Waals surface area contributed by atoms with E-state index in [9.17, 15) is 14.7 Å². The van der Waals surface area contributed by atoms with Crippen molar-refractivity contribution in [3.05, 3.63) is 29.8 Å². The van der Waals surface area contributed by atoms with E-state index in [-0.39, 0.29) is 23.6 Å². The lowest BCUT2D eigenvalue weighted by Crippen LogP contribution is -2.42. The Hall–Kier alpha value is -2.04. The summed E-state index contributed by atoms with van der Waals surface area (Å²) in [5, 5.41) is 14.7. The van der Waals surface area contributed by atoms with Crippen molar-refractivity contribution in [2.75, 3.05) is 6.54 Å². The first-order valence-corrected chi connectivity index (χ1v) is 6.00. The topological polar surface area (TPSA) is 78.4 Å². The minimum Gasteiger partial charge on any atom is -0.508 e. The molecule has 3 N–H and O–H groups in total. The molecular weight excluding hydrogens is 232 g/mol. The third-order valence-corrected chi connectivity index (χ3v) is 2.94. The summed E-state index contributed by atoms with van der Waals surface area (Å²) < 4.78 is 0. The lowest BCUT2D eigenvalue weighted by molar-refractivity contribution is -0.125. The third kappa shape index (κ3) is 3.23. The van der Waals surface area contributed by atoms with Gasteiger partial charge in [0.15, 0.2) is 0 Å². The van der Waals surface area contributed by atoms with Crippen molar-refractivity contribution in [3.8, 4) is 5.75 Å². The Balaban J connectivity index is 1.75. The molecule has 0 saturated carbocycles. The van der Waals surface area contributed by atoms with Crippen LogP contribution in [0.1, 0.15) is 18.4 Å². The molecule has 1 unspecified atom stereocenters. The number of phenolic OH excluding ortho intramolecular Hbond substituents is 1. The van der Waals surface area contributed by atoms with E-state index >= 15 is 0 Å². The summed E-state index contributed by atoms with van der Waals surface area (Å²) in [5.41, 5.74) is 0.964. The highest BCUT2D eigenvalue weighted by Gasteiger charge is 2.26.